The molecule has 0 spiro atoms. The number of anilines is 1. The highest BCUT2D eigenvalue weighted by Crippen LogP contribution is 2.22. The van der Waals surface area contributed by atoms with Gasteiger partial charge in [-0.2, -0.15) is 0 Å². The third-order valence-corrected chi connectivity index (χ3v) is 5.54. The number of benzene rings is 1. The topological polar surface area (TPSA) is 65.0 Å². The fourth-order valence-corrected chi connectivity index (χ4v) is 3.79. The van der Waals surface area contributed by atoms with E-state index in [9.17, 15) is 0 Å². The molecule has 0 aliphatic carbocycles. The second kappa shape index (κ2) is 11.1. The van der Waals surface area contributed by atoms with Gasteiger partial charge in [-0.3, -0.25) is 0 Å². The minimum absolute atomic E-state index is 0.452. The highest BCUT2D eigenvalue weighted by Gasteiger charge is 2.19. The van der Waals surface area contributed by atoms with Gasteiger partial charge in [-0.05, 0) is 37.5 Å². The SMILES string of the molecule is CCNC(=NCc1cc(N(C)C)nc2ccccc12)NC1CCN(CCOC)CC1. The Hall–Kier alpha value is -2.38. The van der Waals surface area contributed by atoms with Crippen molar-refractivity contribution in [2.24, 2.45) is 4.99 Å². The van der Waals surface area contributed by atoms with Gasteiger partial charge in [0.1, 0.15) is 5.82 Å². The van der Waals surface area contributed by atoms with E-state index in [-0.39, 0.29) is 0 Å². The van der Waals surface area contributed by atoms with Crippen LogP contribution in [-0.4, -0.2) is 75.9 Å². The fourth-order valence-electron chi connectivity index (χ4n) is 3.79. The van der Waals surface area contributed by atoms with Gasteiger partial charge in [0.2, 0.25) is 0 Å². The Bertz CT molecular complexity index is 830. The Morgan fingerprint density at radius 2 is 2.03 bits per heavy atom. The molecule has 164 valence electrons. The van der Waals surface area contributed by atoms with Gasteiger partial charge in [0.25, 0.3) is 0 Å². The summed E-state index contributed by atoms with van der Waals surface area (Å²) in [5, 5.41) is 8.22. The maximum absolute atomic E-state index is 5.20. The Morgan fingerprint density at radius 1 is 1.27 bits per heavy atom. The number of piperidine rings is 1. The molecule has 30 heavy (non-hydrogen) atoms. The molecule has 1 aliphatic heterocycles. The molecular formula is C23H36N6O. The van der Waals surface area contributed by atoms with Gasteiger partial charge in [-0.25, -0.2) is 9.98 Å². The van der Waals surface area contributed by atoms with Gasteiger partial charge >= 0.3 is 0 Å². The summed E-state index contributed by atoms with van der Waals surface area (Å²) >= 11 is 0. The van der Waals surface area contributed by atoms with Crippen LogP contribution in [0.1, 0.15) is 25.3 Å². The van der Waals surface area contributed by atoms with E-state index in [1.807, 2.05) is 25.1 Å². The van der Waals surface area contributed by atoms with E-state index < -0.39 is 0 Å². The molecule has 1 saturated heterocycles. The summed E-state index contributed by atoms with van der Waals surface area (Å²) in [5.41, 5.74) is 2.20. The molecule has 0 amide bonds. The van der Waals surface area contributed by atoms with Gasteiger partial charge < -0.3 is 25.2 Å². The number of methoxy groups -OCH3 is 1. The van der Waals surface area contributed by atoms with Crippen molar-refractivity contribution in [3.8, 4) is 0 Å². The molecule has 1 aliphatic rings. The number of nitrogens with one attached hydrogen (secondary N) is 2. The first kappa shape index (κ1) is 22.3. The fraction of sp³-hybridized carbons (Fsp3) is 0.565. The number of guanidine groups is 1. The normalized spacial score (nSPS) is 16.1. The lowest BCUT2D eigenvalue weighted by Crippen LogP contribution is -2.49. The molecule has 2 N–H and O–H groups in total. The third kappa shape index (κ3) is 6.06. The van der Waals surface area contributed by atoms with Crippen molar-refractivity contribution in [1.82, 2.24) is 20.5 Å². The number of aromatic nitrogens is 1. The lowest BCUT2D eigenvalue weighted by molar-refractivity contribution is 0.128. The number of ether oxygens (including phenoxy) is 1. The number of fused-ring (bicyclic) bond motifs is 1. The van der Waals surface area contributed by atoms with Crippen LogP contribution in [0, 0.1) is 0 Å². The van der Waals surface area contributed by atoms with Crippen molar-refractivity contribution in [2.75, 3.05) is 58.9 Å². The van der Waals surface area contributed by atoms with Crippen molar-refractivity contribution in [1.29, 1.82) is 0 Å². The highest BCUT2D eigenvalue weighted by molar-refractivity contribution is 5.85. The van der Waals surface area contributed by atoms with E-state index in [1.165, 1.54) is 5.56 Å². The number of hydrogen-bond donors (Lipinski definition) is 2. The number of aliphatic imine (C=N–C) groups is 1. The average Bonchev–Trinajstić information content (AvgIpc) is 2.76. The second-order valence-electron chi connectivity index (χ2n) is 8.00. The van der Waals surface area contributed by atoms with E-state index in [4.69, 9.17) is 14.7 Å². The zero-order chi connectivity index (χ0) is 21.3. The van der Waals surface area contributed by atoms with Crippen molar-refractivity contribution in [3.05, 3.63) is 35.9 Å². The highest BCUT2D eigenvalue weighted by atomic mass is 16.5. The molecule has 1 aromatic carbocycles. The van der Waals surface area contributed by atoms with Gasteiger partial charge in [0, 0.05) is 58.8 Å². The molecule has 0 atom stereocenters. The first-order chi connectivity index (χ1) is 14.6. The standard InChI is InChI=1S/C23H36N6O/c1-5-24-23(26-19-10-12-29(13-11-19)14-15-30-4)25-17-18-16-22(28(2)3)27-21-9-7-6-8-20(18)21/h6-9,16,19H,5,10-15,17H2,1-4H3,(H2,24,25,26). The molecule has 2 heterocycles. The summed E-state index contributed by atoms with van der Waals surface area (Å²) in [6.07, 6.45) is 2.24. The summed E-state index contributed by atoms with van der Waals surface area (Å²) in [6.45, 7) is 7.59. The van der Waals surface area contributed by atoms with E-state index >= 15 is 0 Å². The summed E-state index contributed by atoms with van der Waals surface area (Å²) < 4.78 is 5.20. The average molecular weight is 413 g/mol. The number of rotatable bonds is 8. The molecule has 1 fully saturated rings. The quantitative estimate of drug-likeness (QED) is 0.513. The molecule has 0 radical (unpaired) electrons. The van der Waals surface area contributed by atoms with Gasteiger partial charge in [-0.1, -0.05) is 18.2 Å². The summed E-state index contributed by atoms with van der Waals surface area (Å²) in [7, 11) is 5.81. The summed E-state index contributed by atoms with van der Waals surface area (Å²) in [5.74, 6) is 1.85. The second-order valence-corrected chi connectivity index (χ2v) is 8.00. The van der Waals surface area contributed by atoms with E-state index in [0.717, 1.165) is 68.3 Å². The molecule has 0 saturated carbocycles. The van der Waals surface area contributed by atoms with E-state index in [2.05, 4.69) is 46.7 Å². The largest absolute Gasteiger partial charge is 0.383 e. The van der Waals surface area contributed by atoms with Gasteiger partial charge in [0.15, 0.2) is 5.96 Å². The molecular weight excluding hydrogens is 376 g/mol. The molecule has 0 unspecified atom stereocenters. The molecule has 0 bridgehead atoms. The van der Waals surface area contributed by atoms with Crippen molar-refractivity contribution in [2.45, 2.75) is 32.4 Å². The van der Waals surface area contributed by atoms with Crippen molar-refractivity contribution >= 4 is 22.7 Å². The number of likely N-dealkylation sites (tertiary alicyclic amines) is 1. The van der Waals surface area contributed by atoms with Gasteiger partial charge in [0.05, 0.1) is 18.7 Å². The van der Waals surface area contributed by atoms with Crippen LogP contribution in [0.2, 0.25) is 0 Å². The van der Waals surface area contributed by atoms with E-state index in [0.29, 0.717) is 12.6 Å². The Balaban J connectivity index is 1.69. The molecule has 1 aromatic heterocycles. The third-order valence-electron chi connectivity index (χ3n) is 5.54. The maximum atomic E-state index is 5.20. The van der Waals surface area contributed by atoms with Crippen LogP contribution >= 0.6 is 0 Å². The smallest absolute Gasteiger partial charge is 0.191 e. The van der Waals surface area contributed by atoms with Crippen LogP contribution in [0.4, 0.5) is 5.82 Å². The van der Waals surface area contributed by atoms with Crippen LogP contribution < -0.4 is 15.5 Å². The van der Waals surface area contributed by atoms with Crippen LogP contribution in [0.15, 0.2) is 35.3 Å². The van der Waals surface area contributed by atoms with Crippen molar-refractivity contribution in [3.63, 3.8) is 0 Å². The predicted molar refractivity (Wildman–Crippen MR) is 125 cm³/mol. The Labute approximate surface area is 180 Å². The molecule has 3 rings (SSSR count). The first-order valence-corrected chi connectivity index (χ1v) is 10.9. The lowest BCUT2D eigenvalue weighted by Gasteiger charge is -2.32. The van der Waals surface area contributed by atoms with E-state index in [1.54, 1.807) is 7.11 Å². The van der Waals surface area contributed by atoms with Crippen LogP contribution in [0.3, 0.4) is 0 Å². The van der Waals surface area contributed by atoms with Crippen molar-refractivity contribution < 1.29 is 4.74 Å². The minimum Gasteiger partial charge on any atom is -0.383 e. The molecule has 7 heteroatoms. The minimum atomic E-state index is 0.452. The van der Waals surface area contributed by atoms with Crippen LogP contribution in [0.25, 0.3) is 10.9 Å². The zero-order valence-electron chi connectivity index (χ0n) is 18.8. The summed E-state index contributed by atoms with van der Waals surface area (Å²) in [4.78, 5) is 14.2. The molecule has 2 aromatic rings. The Morgan fingerprint density at radius 3 is 2.73 bits per heavy atom. The molecule has 7 nitrogen and oxygen atoms in total. The Kier molecular flexibility index (Phi) is 8.28. The first-order valence-electron chi connectivity index (χ1n) is 10.9. The zero-order valence-corrected chi connectivity index (χ0v) is 18.8. The van der Waals surface area contributed by atoms with Crippen LogP contribution in [-0.2, 0) is 11.3 Å². The van der Waals surface area contributed by atoms with Gasteiger partial charge in [-0.15, -0.1) is 0 Å². The number of nitrogens with zero attached hydrogens (tertiary/aromatic N) is 4. The summed E-state index contributed by atoms with van der Waals surface area (Å²) in [6, 6.07) is 10.9. The predicted octanol–water partition coefficient (Wildman–Crippen LogP) is 2.47. The number of para-hydroxylation sites is 1. The monoisotopic (exact) mass is 412 g/mol. The maximum Gasteiger partial charge on any atom is 0.191 e. The number of hydrogen-bond acceptors (Lipinski definition) is 5. The lowest BCUT2D eigenvalue weighted by atomic mass is 10.1. The number of pyridine rings is 1. The van der Waals surface area contributed by atoms with Crippen LogP contribution in [0.5, 0.6) is 0 Å².